The van der Waals surface area contributed by atoms with Crippen molar-refractivity contribution in [1.82, 2.24) is 0 Å². The summed E-state index contributed by atoms with van der Waals surface area (Å²) >= 11 is 0. The summed E-state index contributed by atoms with van der Waals surface area (Å²) in [4.78, 5) is 23.2. The SMILES string of the molecule is C=C(C)C(=O)OCC1(COC(=O)C(=C)C)COC(C)(CC)O1. The van der Waals surface area contributed by atoms with Gasteiger partial charge >= 0.3 is 11.9 Å². The third-order valence-corrected chi connectivity index (χ3v) is 3.34. The summed E-state index contributed by atoms with van der Waals surface area (Å²) < 4.78 is 21.9. The van der Waals surface area contributed by atoms with E-state index < -0.39 is 23.3 Å². The van der Waals surface area contributed by atoms with Crippen LogP contribution in [0.2, 0.25) is 0 Å². The van der Waals surface area contributed by atoms with Gasteiger partial charge in [0, 0.05) is 11.1 Å². The van der Waals surface area contributed by atoms with Crippen molar-refractivity contribution in [3.05, 3.63) is 24.3 Å². The summed E-state index contributed by atoms with van der Waals surface area (Å²) in [7, 11) is 0. The van der Waals surface area contributed by atoms with Gasteiger partial charge in [-0.2, -0.15) is 0 Å². The van der Waals surface area contributed by atoms with Crippen molar-refractivity contribution in [1.29, 1.82) is 0 Å². The molecule has 1 unspecified atom stereocenters. The zero-order chi connectivity index (χ0) is 17.0. The van der Waals surface area contributed by atoms with Crippen LogP contribution in [0.25, 0.3) is 0 Å². The fourth-order valence-corrected chi connectivity index (χ4v) is 1.80. The lowest BCUT2D eigenvalue weighted by atomic mass is 10.1. The monoisotopic (exact) mass is 312 g/mol. The van der Waals surface area contributed by atoms with Crippen LogP contribution in [-0.2, 0) is 28.5 Å². The average Bonchev–Trinajstić information content (AvgIpc) is 2.81. The first kappa shape index (κ1) is 18.4. The maximum atomic E-state index is 11.6. The molecule has 6 nitrogen and oxygen atoms in total. The van der Waals surface area contributed by atoms with Gasteiger partial charge in [0.25, 0.3) is 0 Å². The minimum absolute atomic E-state index is 0.0856. The van der Waals surface area contributed by atoms with Gasteiger partial charge < -0.3 is 18.9 Å². The Kier molecular flexibility index (Phi) is 5.91. The molecule has 1 saturated heterocycles. The van der Waals surface area contributed by atoms with Crippen LogP contribution in [0.5, 0.6) is 0 Å². The van der Waals surface area contributed by atoms with Crippen LogP contribution in [-0.4, -0.2) is 43.1 Å². The second-order valence-electron chi connectivity index (χ2n) is 5.77. The van der Waals surface area contributed by atoms with E-state index in [1.165, 1.54) is 0 Å². The molecule has 124 valence electrons. The van der Waals surface area contributed by atoms with E-state index in [0.29, 0.717) is 6.42 Å². The third-order valence-electron chi connectivity index (χ3n) is 3.34. The lowest BCUT2D eigenvalue weighted by Crippen LogP contribution is -2.45. The molecule has 0 amide bonds. The summed E-state index contributed by atoms with van der Waals surface area (Å²) in [6, 6.07) is 0. The van der Waals surface area contributed by atoms with Crippen LogP contribution in [0.3, 0.4) is 0 Å². The molecule has 0 aromatic rings. The van der Waals surface area contributed by atoms with Gasteiger partial charge in [0.1, 0.15) is 13.2 Å². The summed E-state index contributed by atoms with van der Waals surface area (Å²) in [5.41, 5.74) is -0.460. The Labute approximate surface area is 131 Å². The van der Waals surface area contributed by atoms with Crippen LogP contribution in [0.15, 0.2) is 24.3 Å². The van der Waals surface area contributed by atoms with E-state index in [1.54, 1.807) is 20.8 Å². The van der Waals surface area contributed by atoms with Gasteiger partial charge in [-0.15, -0.1) is 0 Å². The molecule has 1 atom stereocenters. The third kappa shape index (κ3) is 4.68. The van der Waals surface area contributed by atoms with E-state index in [1.807, 2.05) is 6.92 Å². The van der Waals surface area contributed by atoms with Gasteiger partial charge in [0.15, 0.2) is 11.4 Å². The molecule has 1 aliphatic heterocycles. The Morgan fingerprint density at radius 3 is 1.86 bits per heavy atom. The molecule has 1 rings (SSSR count). The van der Waals surface area contributed by atoms with E-state index in [4.69, 9.17) is 18.9 Å². The topological polar surface area (TPSA) is 71.1 Å². The van der Waals surface area contributed by atoms with Crippen molar-refractivity contribution in [2.75, 3.05) is 19.8 Å². The first-order valence-corrected chi connectivity index (χ1v) is 7.12. The number of ether oxygens (including phenoxy) is 4. The highest BCUT2D eigenvalue weighted by atomic mass is 16.8. The van der Waals surface area contributed by atoms with E-state index >= 15 is 0 Å². The number of esters is 2. The molecule has 1 fully saturated rings. The Balaban J connectivity index is 2.78. The largest absolute Gasteiger partial charge is 0.459 e. The van der Waals surface area contributed by atoms with E-state index in [0.717, 1.165) is 0 Å². The normalized spacial score (nSPS) is 22.9. The Bertz CT molecular complexity index is 451. The van der Waals surface area contributed by atoms with Crippen molar-refractivity contribution >= 4 is 11.9 Å². The molecule has 0 spiro atoms. The zero-order valence-corrected chi connectivity index (χ0v) is 13.7. The van der Waals surface area contributed by atoms with E-state index in [9.17, 15) is 9.59 Å². The lowest BCUT2D eigenvalue weighted by Gasteiger charge is -2.29. The Morgan fingerprint density at radius 1 is 1.09 bits per heavy atom. The molecule has 22 heavy (non-hydrogen) atoms. The molecule has 0 saturated carbocycles. The van der Waals surface area contributed by atoms with Crippen molar-refractivity contribution in [3.8, 4) is 0 Å². The standard InChI is InChI=1S/C16H24O6/c1-7-15(6)21-10-16(22-15,8-19-13(17)11(2)3)9-20-14(18)12(4)5/h2,4,7-10H2,1,3,5-6H3. The van der Waals surface area contributed by atoms with Gasteiger partial charge in [0.2, 0.25) is 0 Å². The predicted molar refractivity (Wildman–Crippen MR) is 80.0 cm³/mol. The fraction of sp³-hybridized carbons (Fsp3) is 0.625. The molecule has 0 aromatic carbocycles. The second-order valence-corrected chi connectivity index (χ2v) is 5.77. The molecule has 0 aliphatic carbocycles. The summed E-state index contributed by atoms with van der Waals surface area (Å²) in [5, 5.41) is 0. The molecular formula is C16H24O6. The van der Waals surface area contributed by atoms with Crippen molar-refractivity contribution < 1.29 is 28.5 Å². The zero-order valence-electron chi connectivity index (χ0n) is 13.7. The summed E-state index contributed by atoms with van der Waals surface area (Å²) in [6.07, 6.45) is 0.609. The number of carbonyl (C=O) groups is 2. The van der Waals surface area contributed by atoms with Gasteiger partial charge in [-0.25, -0.2) is 9.59 Å². The first-order valence-electron chi connectivity index (χ1n) is 7.12. The molecule has 0 aromatic heterocycles. The predicted octanol–water partition coefficient (Wildman–Crippen LogP) is 2.14. The fourth-order valence-electron chi connectivity index (χ4n) is 1.80. The number of rotatable bonds is 7. The van der Waals surface area contributed by atoms with Crippen LogP contribution < -0.4 is 0 Å². The van der Waals surface area contributed by atoms with Gasteiger partial charge in [0.05, 0.1) is 6.61 Å². The Hall–Kier alpha value is -1.66. The summed E-state index contributed by atoms with van der Waals surface area (Å²) in [6.45, 7) is 13.8. The smallest absolute Gasteiger partial charge is 0.333 e. The molecule has 0 N–H and O–H groups in total. The highest BCUT2D eigenvalue weighted by molar-refractivity contribution is 5.87. The number of hydrogen-bond donors (Lipinski definition) is 0. The Morgan fingerprint density at radius 2 is 1.55 bits per heavy atom. The maximum Gasteiger partial charge on any atom is 0.333 e. The van der Waals surface area contributed by atoms with E-state index in [2.05, 4.69) is 13.2 Å². The van der Waals surface area contributed by atoms with Gasteiger partial charge in [-0.3, -0.25) is 0 Å². The molecule has 0 radical (unpaired) electrons. The van der Waals surface area contributed by atoms with Crippen LogP contribution in [0.4, 0.5) is 0 Å². The maximum absolute atomic E-state index is 11.6. The first-order chi connectivity index (χ1) is 10.1. The molecule has 1 aliphatic rings. The highest BCUT2D eigenvalue weighted by Gasteiger charge is 2.49. The van der Waals surface area contributed by atoms with Crippen LogP contribution in [0.1, 0.15) is 34.1 Å². The summed E-state index contributed by atoms with van der Waals surface area (Å²) in [5.74, 6) is -1.86. The van der Waals surface area contributed by atoms with Crippen LogP contribution in [0, 0.1) is 0 Å². The van der Waals surface area contributed by atoms with Crippen molar-refractivity contribution in [3.63, 3.8) is 0 Å². The van der Waals surface area contributed by atoms with Crippen molar-refractivity contribution in [2.45, 2.75) is 45.5 Å². The highest BCUT2D eigenvalue weighted by Crippen LogP contribution is 2.34. The average molecular weight is 312 g/mol. The second kappa shape index (κ2) is 7.07. The van der Waals surface area contributed by atoms with Gasteiger partial charge in [-0.05, 0) is 27.2 Å². The van der Waals surface area contributed by atoms with Crippen LogP contribution >= 0.6 is 0 Å². The molecule has 1 heterocycles. The van der Waals surface area contributed by atoms with Gasteiger partial charge in [-0.1, -0.05) is 20.1 Å². The minimum Gasteiger partial charge on any atom is -0.459 e. The van der Waals surface area contributed by atoms with E-state index in [-0.39, 0.29) is 31.0 Å². The quantitative estimate of drug-likeness (QED) is 0.530. The molecular weight excluding hydrogens is 288 g/mol. The number of hydrogen-bond acceptors (Lipinski definition) is 6. The molecule has 6 heteroatoms. The number of carbonyl (C=O) groups excluding carboxylic acids is 2. The van der Waals surface area contributed by atoms with Crippen molar-refractivity contribution in [2.24, 2.45) is 0 Å². The lowest BCUT2D eigenvalue weighted by molar-refractivity contribution is -0.200. The molecule has 0 bridgehead atoms. The minimum atomic E-state index is -1.03.